The third-order valence-electron chi connectivity index (χ3n) is 6.68. The van der Waals surface area contributed by atoms with Crippen LogP contribution in [0.2, 0.25) is 0 Å². The minimum absolute atomic E-state index is 0.0599. The van der Waals surface area contributed by atoms with Gasteiger partial charge in [0.1, 0.15) is 24.0 Å². The lowest BCUT2D eigenvalue weighted by Crippen LogP contribution is -2.44. The van der Waals surface area contributed by atoms with Gasteiger partial charge in [0.05, 0.1) is 22.4 Å². The van der Waals surface area contributed by atoms with Gasteiger partial charge in [0, 0.05) is 17.2 Å². The lowest BCUT2D eigenvalue weighted by molar-refractivity contribution is -0.123. The second-order valence-electron chi connectivity index (χ2n) is 9.44. The van der Waals surface area contributed by atoms with Gasteiger partial charge >= 0.3 is 0 Å². The molecule has 1 aromatic heterocycles. The van der Waals surface area contributed by atoms with E-state index >= 15 is 0 Å². The maximum absolute atomic E-state index is 14.4. The fourth-order valence-electron chi connectivity index (χ4n) is 4.59. The number of rotatable bonds is 7. The van der Waals surface area contributed by atoms with Gasteiger partial charge < -0.3 is 5.32 Å². The summed E-state index contributed by atoms with van der Waals surface area (Å²) in [6.45, 7) is 3.66. The molecule has 0 aliphatic carbocycles. The molecule has 2 heterocycles. The van der Waals surface area contributed by atoms with E-state index in [1.165, 1.54) is 40.9 Å². The van der Waals surface area contributed by atoms with Crippen molar-refractivity contribution in [2.45, 2.75) is 31.6 Å². The molecule has 9 heteroatoms. The maximum Gasteiger partial charge on any atom is 0.240 e. The molecular weight excluding hydrogens is 518 g/mol. The summed E-state index contributed by atoms with van der Waals surface area (Å²) in [5.74, 6) is -0.890. The number of carbonyl (C=O) groups excluding carboxylic acids is 2. The van der Waals surface area contributed by atoms with Gasteiger partial charge in [-0.1, -0.05) is 49.4 Å². The topological polar surface area (TPSA) is 67.2 Å². The van der Waals surface area contributed by atoms with E-state index in [1.807, 2.05) is 50.2 Å². The van der Waals surface area contributed by atoms with Crippen molar-refractivity contribution >= 4 is 29.4 Å². The Balaban J connectivity index is 1.77. The van der Waals surface area contributed by atoms with Crippen molar-refractivity contribution in [1.82, 2.24) is 15.1 Å². The SMILES string of the molecule is CC[C@H](C)NC(=O)CN1C(=O)CS[C@@H](c2cccc(F)c2)c2c(-c3ccccc3)nn(-c3ccc(F)cc3)c21. The number of aromatic nitrogens is 2. The van der Waals surface area contributed by atoms with E-state index in [4.69, 9.17) is 5.10 Å². The van der Waals surface area contributed by atoms with E-state index in [2.05, 4.69) is 5.32 Å². The van der Waals surface area contributed by atoms with Crippen molar-refractivity contribution in [3.05, 3.63) is 102 Å². The second-order valence-corrected chi connectivity index (χ2v) is 10.5. The number of nitrogens with zero attached hydrogens (tertiary/aromatic N) is 3. The average Bonchev–Trinajstić information content (AvgIpc) is 3.26. The largest absolute Gasteiger partial charge is 0.352 e. The smallest absolute Gasteiger partial charge is 0.240 e. The highest BCUT2D eigenvalue weighted by Gasteiger charge is 2.37. The molecule has 0 spiro atoms. The first kappa shape index (κ1) is 26.6. The van der Waals surface area contributed by atoms with Crippen molar-refractivity contribution in [3.8, 4) is 16.9 Å². The van der Waals surface area contributed by atoms with Crippen LogP contribution in [0.3, 0.4) is 0 Å². The van der Waals surface area contributed by atoms with E-state index in [9.17, 15) is 18.4 Å². The first-order valence-electron chi connectivity index (χ1n) is 12.8. The molecule has 1 aliphatic rings. The van der Waals surface area contributed by atoms with Crippen molar-refractivity contribution in [3.63, 3.8) is 0 Å². The number of benzene rings is 3. The number of amides is 2. The molecule has 39 heavy (non-hydrogen) atoms. The fraction of sp³-hybridized carbons (Fsp3) is 0.233. The predicted molar refractivity (Wildman–Crippen MR) is 150 cm³/mol. The van der Waals surface area contributed by atoms with Gasteiger partial charge in [0.15, 0.2) is 0 Å². The first-order chi connectivity index (χ1) is 18.9. The maximum atomic E-state index is 14.4. The molecule has 2 atom stereocenters. The summed E-state index contributed by atoms with van der Waals surface area (Å²) in [6, 6.07) is 21.5. The van der Waals surface area contributed by atoms with Gasteiger partial charge in [-0.3, -0.25) is 14.5 Å². The van der Waals surface area contributed by atoms with Crippen LogP contribution in [-0.4, -0.2) is 39.9 Å². The number of hydrogen-bond donors (Lipinski definition) is 1. The molecule has 3 aromatic carbocycles. The Morgan fingerprint density at radius 3 is 2.49 bits per heavy atom. The number of thioether (sulfide) groups is 1. The van der Waals surface area contributed by atoms with Gasteiger partial charge in [-0.2, -0.15) is 5.10 Å². The van der Waals surface area contributed by atoms with Crippen molar-refractivity contribution in [2.24, 2.45) is 0 Å². The van der Waals surface area contributed by atoms with Crippen LogP contribution in [0.1, 0.15) is 36.6 Å². The summed E-state index contributed by atoms with van der Waals surface area (Å²) in [5.41, 5.74) is 3.28. The fourth-order valence-corrected chi connectivity index (χ4v) is 5.78. The average molecular weight is 547 g/mol. The second kappa shape index (κ2) is 11.4. The Bertz CT molecular complexity index is 1490. The monoisotopic (exact) mass is 546 g/mol. The van der Waals surface area contributed by atoms with Gasteiger partial charge in [0.2, 0.25) is 11.8 Å². The Morgan fingerprint density at radius 1 is 1.05 bits per heavy atom. The molecule has 1 N–H and O–H groups in total. The van der Waals surface area contributed by atoms with Gasteiger partial charge in [-0.05, 0) is 55.3 Å². The summed E-state index contributed by atoms with van der Waals surface area (Å²) in [6.07, 6.45) is 0.744. The number of anilines is 1. The van der Waals surface area contributed by atoms with Crippen molar-refractivity contribution in [2.75, 3.05) is 17.2 Å². The molecule has 1 aliphatic heterocycles. The summed E-state index contributed by atoms with van der Waals surface area (Å²) >= 11 is 1.36. The number of carbonyl (C=O) groups is 2. The standard InChI is InChI=1S/C30H28F2N4O2S/c1-3-19(2)33-25(37)17-35-26(38)18-39-29(21-10-7-11-23(32)16-21)27-28(20-8-5-4-6-9-20)34-36(30(27)35)24-14-12-22(31)13-15-24/h4-16,19,29H,3,17-18H2,1-2H3,(H,33,37)/t19-,29-/m0/s1. The predicted octanol–water partition coefficient (Wildman–Crippen LogP) is 5.90. The summed E-state index contributed by atoms with van der Waals surface area (Å²) in [4.78, 5) is 28.2. The summed E-state index contributed by atoms with van der Waals surface area (Å²) in [7, 11) is 0. The summed E-state index contributed by atoms with van der Waals surface area (Å²) < 4.78 is 29.9. The molecular formula is C30H28F2N4O2S. The number of halogens is 2. The van der Waals surface area contributed by atoms with Gasteiger partial charge in [0.25, 0.3) is 0 Å². The first-order valence-corrected chi connectivity index (χ1v) is 13.8. The molecule has 6 nitrogen and oxygen atoms in total. The quantitative estimate of drug-likeness (QED) is 0.313. The molecule has 0 radical (unpaired) electrons. The molecule has 0 fully saturated rings. The Morgan fingerprint density at radius 2 is 1.79 bits per heavy atom. The van der Waals surface area contributed by atoms with E-state index in [1.54, 1.807) is 22.9 Å². The van der Waals surface area contributed by atoms with E-state index in [0.29, 0.717) is 28.3 Å². The Labute approximate surface area is 230 Å². The third kappa shape index (κ3) is 5.59. The number of nitrogens with one attached hydrogen (secondary N) is 1. The number of fused-ring (bicyclic) bond motifs is 1. The molecule has 5 rings (SSSR count). The lowest BCUT2D eigenvalue weighted by atomic mass is 9.99. The molecule has 4 aromatic rings. The van der Waals surface area contributed by atoms with Crippen LogP contribution < -0.4 is 10.2 Å². The highest BCUT2D eigenvalue weighted by Crippen LogP contribution is 2.48. The van der Waals surface area contributed by atoms with E-state index < -0.39 is 11.1 Å². The molecule has 0 unspecified atom stereocenters. The van der Waals surface area contributed by atoms with Crippen LogP contribution in [0.25, 0.3) is 16.9 Å². The number of hydrogen-bond acceptors (Lipinski definition) is 4. The van der Waals surface area contributed by atoms with Gasteiger partial charge in [-0.15, -0.1) is 11.8 Å². The van der Waals surface area contributed by atoms with Crippen molar-refractivity contribution < 1.29 is 18.4 Å². The Kier molecular flexibility index (Phi) is 7.79. The minimum atomic E-state index is -0.452. The molecule has 2 amide bonds. The zero-order valence-corrected chi connectivity index (χ0v) is 22.4. The highest BCUT2D eigenvalue weighted by molar-refractivity contribution is 8.00. The minimum Gasteiger partial charge on any atom is -0.352 e. The van der Waals surface area contributed by atoms with Crippen LogP contribution >= 0.6 is 11.8 Å². The van der Waals surface area contributed by atoms with Crippen molar-refractivity contribution in [1.29, 1.82) is 0 Å². The van der Waals surface area contributed by atoms with Gasteiger partial charge in [-0.25, -0.2) is 13.5 Å². The van der Waals surface area contributed by atoms with E-state index in [-0.39, 0.29) is 36.0 Å². The van der Waals surface area contributed by atoms with E-state index in [0.717, 1.165) is 12.0 Å². The van der Waals surface area contributed by atoms with Crippen LogP contribution in [0, 0.1) is 11.6 Å². The highest BCUT2D eigenvalue weighted by atomic mass is 32.2. The lowest BCUT2D eigenvalue weighted by Gasteiger charge is -2.24. The molecule has 0 saturated carbocycles. The van der Waals surface area contributed by atoms with Crippen LogP contribution in [0.4, 0.5) is 14.6 Å². The molecule has 0 saturated heterocycles. The van der Waals surface area contributed by atoms with Crippen LogP contribution in [-0.2, 0) is 9.59 Å². The molecule has 200 valence electrons. The zero-order valence-electron chi connectivity index (χ0n) is 21.6. The summed E-state index contributed by atoms with van der Waals surface area (Å²) in [5, 5.41) is 7.42. The molecule has 0 bridgehead atoms. The third-order valence-corrected chi connectivity index (χ3v) is 7.94. The Hall–Kier alpha value is -3.98. The normalized spacial score (nSPS) is 15.9. The zero-order chi connectivity index (χ0) is 27.5. The van der Waals surface area contributed by atoms with Crippen LogP contribution in [0.15, 0.2) is 78.9 Å². The van der Waals surface area contributed by atoms with Crippen LogP contribution in [0.5, 0.6) is 0 Å².